The minimum Gasteiger partial charge on any atom is -0.426 e. The van der Waals surface area contributed by atoms with Crippen molar-refractivity contribution in [2.45, 2.75) is 13.5 Å². The Kier molecular flexibility index (Phi) is 8.61. The van der Waals surface area contributed by atoms with Crippen molar-refractivity contribution in [2.75, 3.05) is 17.6 Å². The zero-order valence-corrected chi connectivity index (χ0v) is 21.0. The minimum absolute atomic E-state index is 0.0367. The van der Waals surface area contributed by atoms with Gasteiger partial charge in [-0.2, -0.15) is 0 Å². The van der Waals surface area contributed by atoms with Crippen molar-refractivity contribution in [2.24, 2.45) is 10.2 Å². The number of amides is 2. The van der Waals surface area contributed by atoms with Gasteiger partial charge in [0.2, 0.25) is 5.91 Å². The fourth-order valence-electron chi connectivity index (χ4n) is 3.14. The van der Waals surface area contributed by atoms with Crippen molar-refractivity contribution in [1.29, 1.82) is 0 Å². The number of aromatic nitrogens is 1. The highest BCUT2D eigenvalue weighted by Crippen LogP contribution is 2.31. The van der Waals surface area contributed by atoms with Gasteiger partial charge in [0.05, 0.1) is 6.54 Å². The van der Waals surface area contributed by atoms with E-state index in [1.54, 1.807) is 42.5 Å². The normalized spacial score (nSPS) is 10.7. The Morgan fingerprint density at radius 2 is 1.68 bits per heavy atom. The number of aryl methyl sites for hydroxylation is 1. The third-order valence-electron chi connectivity index (χ3n) is 5.10. The lowest BCUT2D eigenvalue weighted by Crippen LogP contribution is -2.33. The molecule has 0 saturated carbocycles. The number of ether oxygens (including phenoxy) is 2. The van der Waals surface area contributed by atoms with Gasteiger partial charge in [0.25, 0.3) is 5.91 Å². The van der Waals surface area contributed by atoms with E-state index in [4.69, 9.17) is 24.0 Å². The van der Waals surface area contributed by atoms with E-state index in [9.17, 15) is 19.2 Å². The molecule has 0 saturated heterocycles. The van der Waals surface area contributed by atoms with Gasteiger partial charge in [0.1, 0.15) is 17.2 Å². The number of nitrogens with two attached hydrogens (primary N) is 1. The second-order valence-electron chi connectivity index (χ2n) is 7.94. The Hall–Kier alpha value is -5.79. The lowest BCUT2D eigenvalue weighted by molar-refractivity contribution is -0.115. The van der Waals surface area contributed by atoms with E-state index in [0.29, 0.717) is 5.56 Å². The predicted molar refractivity (Wildman–Crippen MR) is 139 cm³/mol. The molecule has 40 heavy (non-hydrogen) atoms. The molecular formula is C26H22N6O8. The quantitative estimate of drug-likeness (QED) is 0.156. The van der Waals surface area contributed by atoms with Crippen LogP contribution in [0.25, 0.3) is 0 Å². The van der Waals surface area contributed by atoms with Crippen LogP contribution in [0.2, 0.25) is 0 Å². The summed E-state index contributed by atoms with van der Waals surface area (Å²) in [5, 5.41) is 13.1. The number of carbonyl (C=O) groups is 3. The number of nitrogens with zero attached hydrogens (tertiary/aromatic N) is 3. The van der Waals surface area contributed by atoms with Crippen molar-refractivity contribution >= 4 is 41.0 Å². The Bertz CT molecular complexity index is 1610. The minimum atomic E-state index is -1.08. The molecule has 0 fully saturated rings. The number of para-hydroxylation sites is 1. The summed E-state index contributed by atoms with van der Waals surface area (Å²) in [7, 11) is 0. The maximum Gasteiger partial charge on any atom is 0.519 e. The van der Waals surface area contributed by atoms with Crippen LogP contribution in [-0.2, 0) is 16.1 Å². The van der Waals surface area contributed by atoms with Crippen LogP contribution in [0.4, 0.5) is 27.8 Å². The molecule has 14 heteroatoms. The molecule has 204 valence electrons. The van der Waals surface area contributed by atoms with Crippen molar-refractivity contribution in [1.82, 2.24) is 10.3 Å². The number of pyridine rings is 1. The van der Waals surface area contributed by atoms with E-state index in [-0.39, 0.29) is 53.4 Å². The van der Waals surface area contributed by atoms with Crippen LogP contribution in [0, 0.1) is 6.92 Å². The molecule has 2 amide bonds. The summed E-state index contributed by atoms with van der Waals surface area (Å²) in [6.45, 7) is 0.842. The van der Waals surface area contributed by atoms with Crippen LogP contribution in [-0.4, -0.2) is 29.5 Å². The number of hydrogen-bond acceptors (Lipinski definition) is 12. The molecule has 0 unspecified atom stereocenters. The predicted octanol–water partition coefficient (Wildman–Crippen LogP) is 4.02. The van der Waals surface area contributed by atoms with Crippen LogP contribution < -0.4 is 26.9 Å². The van der Waals surface area contributed by atoms with E-state index in [0.717, 1.165) is 0 Å². The number of rotatable bonds is 9. The topological polar surface area (TPSA) is 201 Å². The summed E-state index contributed by atoms with van der Waals surface area (Å²) in [5.41, 5.74) is 6.74. The van der Waals surface area contributed by atoms with Gasteiger partial charge in [-0.15, -0.1) is 10.2 Å². The van der Waals surface area contributed by atoms with Crippen LogP contribution in [0.1, 0.15) is 21.9 Å². The van der Waals surface area contributed by atoms with Gasteiger partial charge in [-0.1, -0.05) is 30.3 Å². The lowest BCUT2D eigenvalue weighted by atomic mass is 10.2. The van der Waals surface area contributed by atoms with E-state index in [1.165, 1.54) is 31.2 Å². The van der Waals surface area contributed by atoms with Crippen molar-refractivity contribution in [3.05, 3.63) is 94.4 Å². The maximum absolute atomic E-state index is 12.2. The lowest BCUT2D eigenvalue weighted by Gasteiger charge is -2.08. The first-order valence-electron chi connectivity index (χ1n) is 11.6. The molecule has 2 aromatic carbocycles. The summed E-state index contributed by atoms with van der Waals surface area (Å²) in [5.74, 6) is -1.43. The summed E-state index contributed by atoms with van der Waals surface area (Å²) in [6, 6.07) is 17.7. The molecule has 0 aliphatic heterocycles. The zero-order chi connectivity index (χ0) is 28.5. The number of nitrogens with one attached hydrogen (secondary N) is 2. The standard InChI is InChI=1S/C26H22N6O8/c1-15-20(40-26(36)38-15)14-37-25(35)39-19-10-6-5-9-17(19)31-32-18-11-12-21(30-23(18)27)29-22(33)13-28-24(34)16-7-3-2-4-8-16/h2-12H,13-14H2,1H3,(H,28,34)(H3,27,29,30,33)/b32-31+. The highest BCUT2D eigenvalue weighted by molar-refractivity contribution is 5.99. The fourth-order valence-corrected chi connectivity index (χ4v) is 3.14. The Morgan fingerprint density at radius 3 is 2.40 bits per heavy atom. The highest BCUT2D eigenvalue weighted by atomic mass is 16.7. The van der Waals surface area contributed by atoms with Crippen LogP contribution >= 0.6 is 0 Å². The van der Waals surface area contributed by atoms with Gasteiger partial charge in [-0.05, 0) is 43.3 Å². The number of hydrogen-bond donors (Lipinski definition) is 3. The van der Waals surface area contributed by atoms with Crippen molar-refractivity contribution < 1.29 is 32.7 Å². The van der Waals surface area contributed by atoms with Gasteiger partial charge in [-0.3, -0.25) is 9.59 Å². The zero-order valence-electron chi connectivity index (χ0n) is 21.0. The Balaban J connectivity index is 1.33. The third-order valence-corrected chi connectivity index (χ3v) is 5.10. The number of carbonyl (C=O) groups excluding carboxylic acids is 3. The molecule has 4 rings (SSSR count). The maximum atomic E-state index is 12.2. The summed E-state index contributed by atoms with van der Waals surface area (Å²) in [4.78, 5) is 51.6. The van der Waals surface area contributed by atoms with Gasteiger partial charge < -0.3 is 34.7 Å². The average molecular weight is 546 g/mol. The molecule has 0 spiro atoms. The molecule has 4 N–H and O–H groups in total. The number of anilines is 2. The number of nitrogen functional groups attached to an aromatic ring is 1. The fraction of sp³-hybridized carbons (Fsp3) is 0.115. The summed E-state index contributed by atoms with van der Waals surface area (Å²) < 4.78 is 19.6. The smallest absolute Gasteiger partial charge is 0.426 e. The van der Waals surface area contributed by atoms with Gasteiger partial charge >= 0.3 is 12.0 Å². The molecule has 2 aromatic heterocycles. The van der Waals surface area contributed by atoms with Crippen molar-refractivity contribution in [3.8, 4) is 5.75 Å². The first-order chi connectivity index (χ1) is 19.3. The van der Waals surface area contributed by atoms with Gasteiger partial charge in [0, 0.05) is 5.56 Å². The van der Waals surface area contributed by atoms with E-state index in [1.807, 2.05) is 0 Å². The number of azo groups is 1. The summed E-state index contributed by atoms with van der Waals surface area (Å²) >= 11 is 0. The largest absolute Gasteiger partial charge is 0.519 e. The van der Waals surface area contributed by atoms with E-state index < -0.39 is 23.8 Å². The monoisotopic (exact) mass is 546 g/mol. The molecule has 0 radical (unpaired) electrons. The van der Waals surface area contributed by atoms with Crippen LogP contribution in [0.3, 0.4) is 0 Å². The molecule has 0 atom stereocenters. The highest BCUT2D eigenvalue weighted by Gasteiger charge is 2.15. The van der Waals surface area contributed by atoms with Crippen LogP contribution in [0.15, 0.2) is 90.6 Å². The molecule has 2 heterocycles. The molecule has 0 bridgehead atoms. The van der Waals surface area contributed by atoms with E-state index >= 15 is 0 Å². The molecule has 4 aromatic rings. The average Bonchev–Trinajstić information content (AvgIpc) is 3.27. The van der Waals surface area contributed by atoms with Crippen molar-refractivity contribution in [3.63, 3.8) is 0 Å². The second-order valence-corrected chi connectivity index (χ2v) is 7.94. The molecular weight excluding hydrogens is 524 g/mol. The second kappa shape index (κ2) is 12.6. The molecule has 0 aliphatic rings. The summed E-state index contributed by atoms with van der Waals surface area (Å²) in [6.07, 6.45) is -1.08. The van der Waals surface area contributed by atoms with E-state index in [2.05, 4.69) is 25.8 Å². The first-order valence-corrected chi connectivity index (χ1v) is 11.6. The Labute approximate surface area is 225 Å². The van der Waals surface area contributed by atoms with Gasteiger partial charge in [0.15, 0.2) is 29.7 Å². The van der Waals surface area contributed by atoms with Crippen LogP contribution in [0.5, 0.6) is 5.75 Å². The Morgan fingerprint density at radius 1 is 0.950 bits per heavy atom. The van der Waals surface area contributed by atoms with Gasteiger partial charge in [-0.25, -0.2) is 14.6 Å². The third kappa shape index (κ3) is 7.38. The number of benzene rings is 2. The molecule has 14 nitrogen and oxygen atoms in total. The SMILES string of the molecule is Cc1oc(=O)oc1COC(=O)Oc1ccccc1/N=N/c1ccc(NC(=O)CNC(=O)c2ccccc2)nc1N. The first kappa shape index (κ1) is 27.3. The molecule has 0 aliphatic carbocycles.